The Bertz CT molecular complexity index is 1180. The van der Waals surface area contributed by atoms with E-state index in [1.54, 1.807) is 12.1 Å². The molecule has 0 saturated heterocycles. The van der Waals surface area contributed by atoms with Crippen molar-refractivity contribution >= 4 is 34.3 Å². The van der Waals surface area contributed by atoms with Gasteiger partial charge in [0.1, 0.15) is 0 Å². The highest BCUT2D eigenvalue weighted by Crippen LogP contribution is 2.17. The molecule has 0 radical (unpaired) electrons. The fraction of sp³-hybridized carbons (Fsp3) is 0.0909. The van der Waals surface area contributed by atoms with Crippen LogP contribution in [0.4, 0.5) is 17.6 Å². The van der Waals surface area contributed by atoms with E-state index in [0.717, 1.165) is 22.0 Å². The highest BCUT2D eigenvalue weighted by Gasteiger charge is 2.11. The maximum atomic E-state index is 12.4. The molecule has 0 atom stereocenters. The smallest absolute Gasteiger partial charge is 0.338 e. The summed E-state index contributed by atoms with van der Waals surface area (Å²) in [5.41, 5.74) is 8.20. The van der Waals surface area contributed by atoms with Gasteiger partial charge in [-0.05, 0) is 42.0 Å². The van der Waals surface area contributed by atoms with Crippen molar-refractivity contribution in [3.63, 3.8) is 0 Å². The van der Waals surface area contributed by atoms with E-state index < -0.39 is 5.97 Å². The zero-order chi connectivity index (χ0) is 20.2. The summed E-state index contributed by atoms with van der Waals surface area (Å²) in [6.07, 6.45) is 0. The van der Waals surface area contributed by atoms with E-state index in [0.29, 0.717) is 5.56 Å². The third-order valence-corrected chi connectivity index (χ3v) is 4.32. The second-order valence-corrected chi connectivity index (χ2v) is 6.56. The Labute approximate surface area is 167 Å². The minimum atomic E-state index is -0.456. The molecule has 4 rings (SSSR count). The number of nitrogens with one attached hydrogen (secondary N) is 1. The molecule has 7 nitrogen and oxygen atoms in total. The number of hydrogen-bond donors (Lipinski definition) is 2. The lowest BCUT2D eigenvalue weighted by atomic mass is 10.1. The molecule has 144 valence electrons. The number of benzene rings is 3. The van der Waals surface area contributed by atoms with Gasteiger partial charge < -0.3 is 15.8 Å². The highest BCUT2D eigenvalue weighted by atomic mass is 16.5. The van der Waals surface area contributed by atoms with E-state index in [2.05, 4.69) is 20.3 Å². The summed E-state index contributed by atoms with van der Waals surface area (Å²) in [6, 6.07) is 21.0. The van der Waals surface area contributed by atoms with Gasteiger partial charge in [0.15, 0.2) is 12.4 Å². The first-order chi connectivity index (χ1) is 14.1. The van der Waals surface area contributed by atoms with Gasteiger partial charge in [-0.15, -0.1) is 0 Å². The number of carbonyl (C=O) groups is 1. The first-order valence-corrected chi connectivity index (χ1v) is 9.07. The number of aryl methyl sites for hydroxylation is 1. The summed E-state index contributed by atoms with van der Waals surface area (Å²) in [5, 5.41) is 5.09. The summed E-state index contributed by atoms with van der Waals surface area (Å²) in [4.78, 5) is 24.8. The molecule has 7 heteroatoms. The highest BCUT2D eigenvalue weighted by molar-refractivity contribution is 5.95. The zero-order valence-electron chi connectivity index (χ0n) is 15.8. The van der Waals surface area contributed by atoms with Crippen molar-refractivity contribution in [1.82, 2.24) is 15.0 Å². The van der Waals surface area contributed by atoms with E-state index in [4.69, 9.17) is 10.5 Å². The van der Waals surface area contributed by atoms with Crippen molar-refractivity contribution < 1.29 is 9.53 Å². The first kappa shape index (κ1) is 18.4. The molecule has 0 bridgehead atoms. The molecule has 0 aliphatic heterocycles. The molecule has 0 spiro atoms. The van der Waals surface area contributed by atoms with E-state index in [-0.39, 0.29) is 24.3 Å². The van der Waals surface area contributed by atoms with Crippen LogP contribution >= 0.6 is 0 Å². The third-order valence-electron chi connectivity index (χ3n) is 4.32. The Morgan fingerprint density at radius 1 is 0.966 bits per heavy atom. The van der Waals surface area contributed by atoms with E-state index in [9.17, 15) is 4.79 Å². The molecule has 0 fully saturated rings. The lowest BCUT2D eigenvalue weighted by Crippen LogP contribution is -2.11. The Kier molecular flexibility index (Phi) is 5.03. The van der Waals surface area contributed by atoms with Gasteiger partial charge in [-0.3, -0.25) is 0 Å². The summed E-state index contributed by atoms with van der Waals surface area (Å²) >= 11 is 0. The number of fused-ring (bicyclic) bond motifs is 1. The van der Waals surface area contributed by atoms with Gasteiger partial charge in [-0.1, -0.05) is 48.0 Å². The number of nitrogens with two attached hydrogens (primary N) is 1. The van der Waals surface area contributed by atoms with Crippen LogP contribution in [0.15, 0.2) is 66.7 Å². The molecule has 4 aromatic rings. The van der Waals surface area contributed by atoms with Gasteiger partial charge in [0, 0.05) is 5.69 Å². The average Bonchev–Trinajstić information content (AvgIpc) is 2.73. The van der Waals surface area contributed by atoms with Gasteiger partial charge in [-0.25, -0.2) is 4.79 Å². The predicted octanol–water partition coefficient (Wildman–Crippen LogP) is 4.02. The van der Waals surface area contributed by atoms with Gasteiger partial charge in [0.05, 0.1) is 5.56 Å². The Morgan fingerprint density at radius 3 is 2.52 bits per heavy atom. The van der Waals surface area contributed by atoms with E-state index in [1.807, 2.05) is 61.5 Å². The SMILES string of the molecule is Cc1ccc(Nc2nc(N)nc(COC(=O)c3ccc4ccccc4c3)n2)cc1. The summed E-state index contributed by atoms with van der Waals surface area (Å²) in [5.74, 6) is 0.147. The van der Waals surface area contributed by atoms with Crippen molar-refractivity contribution in [3.8, 4) is 0 Å². The van der Waals surface area contributed by atoms with Gasteiger partial charge in [-0.2, -0.15) is 15.0 Å². The molecule has 3 aromatic carbocycles. The normalized spacial score (nSPS) is 10.7. The maximum absolute atomic E-state index is 12.4. The number of nitrogen functional groups attached to an aromatic ring is 1. The Balaban J connectivity index is 1.46. The predicted molar refractivity (Wildman–Crippen MR) is 112 cm³/mol. The fourth-order valence-electron chi connectivity index (χ4n) is 2.85. The van der Waals surface area contributed by atoms with Crippen molar-refractivity contribution in [2.24, 2.45) is 0 Å². The number of esters is 1. The molecule has 0 saturated carbocycles. The second-order valence-electron chi connectivity index (χ2n) is 6.56. The van der Waals surface area contributed by atoms with Gasteiger partial charge >= 0.3 is 5.97 Å². The molecule has 0 aliphatic carbocycles. The number of hydrogen-bond acceptors (Lipinski definition) is 7. The molecular weight excluding hydrogens is 366 g/mol. The van der Waals surface area contributed by atoms with Crippen LogP contribution in [0.5, 0.6) is 0 Å². The number of aromatic nitrogens is 3. The minimum Gasteiger partial charge on any atom is -0.454 e. The van der Waals surface area contributed by atoms with Crippen molar-refractivity contribution in [2.75, 3.05) is 11.1 Å². The molecule has 1 aromatic heterocycles. The minimum absolute atomic E-state index is 0.0476. The van der Waals surface area contributed by atoms with Crippen LogP contribution in [0.2, 0.25) is 0 Å². The average molecular weight is 385 g/mol. The summed E-state index contributed by atoms with van der Waals surface area (Å²) in [7, 11) is 0. The lowest BCUT2D eigenvalue weighted by molar-refractivity contribution is 0.0462. The number of nitrogens with zero attached hydrogens (tertiary/aromatic N) is 3. The first-order valence-electron chi connectivity index (χ1n) is 9.07. The molecule has 1 heterocycles. The Morgan fingerprint density at radius 2 is 1.72 bits per heavy atom. The van der Waals surface area contributed by atoms with Crippen molar-refractivity contribution in [2.45, 2.75) is 13.5 Å². The molecule has 0 aliphatic rings. The van der Waals surface area contributed by atoms with Crippen LogP contribution in [-0.4, -0.2) is 20.9 Å². The number of rotatable bonds is 5. The topological polar surface area (TPSA) is 103 Å². The Hall–Kier alpha value is -4.00. The van der Waals surface area contributed by atoms with Gasteiger partial charge in [0.2, 0.25) is 11.9 Å². The molecule has 0 unspecified atom stereocenters. The maximum Gasteiger partial charge on any atom is 0.338 e. The van der Waals surface area contributed by atoms with Crippen molar-refractivity contribution in [1.29, 1.82) is 0 Å². The number of carbonyl (C=O) groups excluding carboxylic acids is 1. The van der Waals surface area contributed by atoms with Crippen LogP contribution in [0.3, 0.4) is 0 Å². The lowest BCUT2D eigenvalue weighted by Gasteiger charge is -2.09. The second kappa shape index (κ2) is 7.93. The molecule has 3 N–H and O–H groups in total. The van der Waals surface area contributed by atoms with Crippen LogP contribution in [-0.2, 0) is 11.3 Å². The van der Waals surface area contributed by atoms with Gasteiger partial charge in [0.25, 0.3) is 0 Å². The third kappa shape index (κ3) is 4.47. The van der Waals surface area contributed by atoms with Crippen LogP contribution in [0.1, 0.15) is 21.7 Å². The largest absolute Gasteiger partial charge is 0.454 e. The van der Waals surface area contributed by atoms with Crippen LogP contribution in [0, 0.1) is 6.92 Å². The monoisotopic (exact) mass is 385 g/mol. The molecule has 29 heavy (non-hydrogen) atoms. The zero-order valence-corrected chi connectivity index (χ0v) is 15.8. The molecule has 0 amide bonds. The molecular formula is C22H19N5O2. The quantitative estimate of drug-likeness (QED) is 0.500. The summed E-state index contributed by atoms with van der Waals surface area (Å²) in [6.45, 7) is 1.90. The van der Waals surface area contributed by atoms with Crippen LogP contribution < -0.4 is 11.1 Å². The standard InChI is InChI=1S/C22H19N5O2/c1-14-6-10-18(11-7-14)24-22-26-19(25-21(23)27-22)13-29-20(28)17-9-8-15-4-2-3-5-16(15)12-17/h2-12H,13H2,1H3,(H3,23,24,25,26,27). The number of ether oxygens (including phenoxy) is 1. The van der Waals surface area contributed by atoms with Crippen LogP contribution in [0.25, 0.3) is 10.8 Å². The van der Waals surface area contributed by atoms with E-state index in [1.165, 1.54) is 0 Å². The van der Waals surface area contributed by atoms with Crippen molar-refractivity contribution in [3.05, 3.63) is 83.7 Å². The van der Waals surface area contributed by atoms with E-state index >= 15 is 0 Å². The summed E-state index contributed by atoms with van der Waals surface area (Å²) < 4.78 is 5.36. The fourth-order valence-corrected chi connectivity index (χ4v) is 2.85. The number of anilines is 3.